The normalized spacial score (nSPS) is 12.0. The van der Waals surface area contributed by atoms with Gasteiger partial charge in [0.15, 0.2) is 5.00 Å². The summed E-state index contributed by atoms with van der Waals surface area (Å²) in [4.78, 5) is 13.0. The van der Waals surface area contributed by atoms with E-state index in [1.807, 2.05) is 12.1 Å². The van der Waals surface area contributed by atoms with E-state index < -0.39 is 11.0 Å². The number of rotatable bonds is 5. The molecule has 0 aliphatic carbocycles. The van der Waals surface area contributed by atoms with Crippen molar-refractivity contribution in [3.8, 4) is 5.75 Å². The van der Waals surface area contributed by atoms with Crippen LogP contribution < -0.4 is 9.64 Å². The van der Waals surface area contributed by atoms with Crippen molar-refractivity contribution in [2.24, 2.45) is 0 Å². The number of hydrogen-bond donors (Lipinski definition) is 1. The Bertz CT molecular complexity index is 637. The minimum atomic E-state index is -0.730. The van der Waals surface area contributed by atoms with E-state index >= 15 is 0 Å². The summed E-state index contributed by atoms with van der Waals surface area (Å²) in [6.45, 7) is 1.59. The molecule has 0 amide bonds. The van der Waals surface area contributed by atoms with Crippen molar-refractivity contribution in [3.63, 3.8) is 0 Å². The minimum Gasteiger partial charge on any atom is -0.497 e. The topological polar surface area (TPSA) is 75.8 Å². The van der Waals surface area contributed by atoms with E-state index in [1.54, 1.807) is 38.1 Å². The molecular formula is C14H16N2O4S. The van der Waals surface area contributed by atoms with Crippen molar-refractivity contribution < 1.29 is 14.8 Å². The van der Waals surface area contributed by atoms with Gasteiger partial charge in [0, 0.05) is 23.7 Å². The van der Waals surface area contributed by atoms with Crippen molar-refractivity contribution in [1.82, 2.24) is 0 Å². The number of methoxy groups -OCH3 is 1. The maximum absolute atomic E-state index is 11.2. The third-order valence-corrected chi connectivity index (χ3v) is 4.46. The van der Waals surface area contributed by atoms with Crippen LogP contribution in [0, 0.1) is 10.1 Å². The first-order chi connectivity index (χ1) is 9.93. The second-order valence-corrected chi connectivity index (χ2v) is 5.59. The molecule has 21 heavy (non-hydrogen) atoms. The smallest absolute Gasteiger partial charge is 0.304 e. The zero-order chi connectivity index (χ0) is 15.6. The van der Waals surface area contributed by atoms with E-state index in [2.05, 4.69) is 0 Å². The molecule has 0 aliphatic rings. The predicted octanol–water partition coefficient (Wildman–Crippen LogP) is 3.49. The molecule has 112 valence electrons. The van der Waals surface area contributed by atoms with Gasteiger partial charge in [-0.1, -0.05) is 0 Å². The van der Waals surface area contributed by atoms with Gasteiger partial charge in [-0.25, -0.2) is 0 Å². The van der Waals surface area contributed by atoms with E-state index in [9.17, 15) is 15.2 Å². The second-order valence-electron chi connectivity index (χ2n) is 4.53. The minimum absolute atomic E-state index is 0.00535. The lowest BCUT2D eigenvalue weighted by molar-refractivity contribution is -0.383. The second kappa shape index (κ2) is 6.11. The van der Waals surface area contributed by atoms with Gasteiger partial charge in [0.1, 0.15) is 5.75 Å². The summed E-state index contributed by atoms with van der Waals surface area (Å²) in [6, 6.07) is 8.65. The zero-order valence-corrected chi connectivity index (χ0v) is 12.8. The number of aliphatic hydroxyl groups excluding tert-OH is 1. The molecule has 0 saturated heterocycles. The molecule has 0 unspecified atom stereocenters. The van der Waals surface area contributed by atoms with E-state index in [1.165, 1.54) is 17.4 Å². The molecule has 6 nitrogen and oxygen atoms in total. The Kier molecular flexibility index (Phi) is 4.44. The van der Waals surface area contributed by atoms with Gasteiger partial charge in [-0.3, -0.25) is 10.1 Å². The van der Waals surface area contributed by atoms with Crippen LogP contribution in [0.1, 0.15) is 17.9 Å². The molecule has 0 bridgehead atoms. The summed E-state index contributed by atoms with van der Waals surface area (Å²) in [5.41, 5.74) is 0.798. The maximum atomic E-state index is 11.2. The average molecular weight is 308 g/mol. The van der Waals surface area contributed by atoms with E-state index in [0.29, 0.717) is 9.88 Å². The number of thiophene rings is 1. The lowest BCUT2D eigenvalue weighted by Crippen LogP contribution is -2.09. The highest BCUT2D eigenvalue weighted by Gasteiger charge is 2.24. The van der Waals surface area contributed by atoms with Crippen LogP contribution in [0.4, 0.5) is 16.4 Å². The Morgan fingerprint density at radius 3 is 2.48 bits per heavy atom. The van der Waals surface area contributed by atoms with Gasteiger partial charge >= 0.3 is 5.69 Å². The van der Waals surface area contributed by atoms with Crippen LogP contribution in [0.2, 0.25) is 0 Å². The quantitative estimate of drug-likeness (QED) is 0.676. The molecule has 0 radical (unpaired) electrons. The van der Waals surface area contributed by atoms with Crippen LogP contribution >= 0.6 is 11.3 Å². The first-order valence-electron chi connectivity index (χ1n) is 6.28. The van der Waals surface area contributed by atoms with Crippen molar-refractivity contribution >= 4 is 27.7 Å². The molecule has 0 fully saturated rings. The Labute approximate surface area is 126 Å². The Hall–Kier alpha value is -2.12. The summed E-state index contributed by atoms with van der Waals surface area (Å²) >= 11 is 1.21. The van der Waals surface area contributed by atoms with Crippen LogP contribution in [0.5, 0.6) is 5.75 Å². The van der Waals surface area contributed by atoms with Gasteiger partial charge in [-0.2, -0.15) is 0 Å². The number of nitrogens with zero attached hydrogens (tertiary/aromatic N) is 2. The van der Waals surface area contributed by atoms with Gasteiger partial charge in [0.05, 0.1) is 18.1 Å². The third-order valence-electron chi connectivity index (χ3n) is 3.09. The summed E-state index contributed by atoms with van der Waals surface area (Å²) in [6.07, 6.45) is -0.730. The highest BCUT2D eigenvalue weighted by Crippen LogP contribution is 2.42. The monoisotopic (exact) mass is 308 g/mol. The average Bonchev–Trinajstić information content (AvgIpc) is 2.92. The predicted molar refractivity (Wildman–Crippen MR) is 82.7 cm³/mol. The lowest BCUT2D eigenvalue weighted by Gasteiger charge is -2.17. The van der Waals surface area contributed by atoms with Crippen LogP contribution in [0.15, 0.2) is 30.3 Å². The molecule has 0 aliphatic heterocycles. The fraction of sp³-hybridized carbons (Fsp3) is 0.286. The molecule has 1 aromatic heterocycles. The molecule has 0 saturated carbocycles. The highest BCUT2D eigenvalue weighted by molar-refractivity contribution is 7.16. The Morgan fingerprint density at radius 1 is 1.38 bits per heavy atom. The summed E-state index contributed by atoms with van der Waals surface area (Å²) in [5, 5.41) is 21.3. The summed E-state index contributed by atoms with van der Waals surface area (Å²) in [5.74, 6) is 0.720. The number of benzene rings is 1. The van der Waals surface area contributed by atoms with Gasteiger partial charge < -0.3 is 14.7 Å². The van der Waals surface area contributed by atoms with Crippen molar-refractivity contribution in [2.75, 3.05) is 19.1 Å². The number of hydrogen-bond acceptors (Lipinski definition) is 6. The van der Waals surface area contributed by atoms with Crippen LogP contribution in [-0.2, 0) is 0 Å². The molecule has 2 rings (SSSR count). The first kappa shape index (κ1) is 15.3. The van der Waals surface area contributed by atoms with Crippen molar-refractivity contribution in [2.45, 2.75) is 13.0 Å². The summed E-state index contributed by atoms with van der Waals surface area (Å²) in [7, 11) is 3.34. The highest BCUT2D eigenvalue weighted by atomic mass is 32.1. The number of nitro groups is 1. The van der Waals surface area contributed by atoms with E-state index in [4.69, 9.17) is 4.74 Å². The number of anilines is 2. The SMILES string of the molecule is COc1ccc(N(C)c2sc([C@H](C)O)cc2[N+](=O)[O-])cc1. The molecule has 7 heteroatoms. The third kappa shape index (κ3) is 3.14. The molecule has 0 spiro atoms. The fourth-order valence-electron chi connectivity index (χ4n) is 1.89. The first-order valence-corrected chi connectivity index (χ1v) is 7.09. The molecule has 1 atom stereocenters. The number of aliphatic hydroxyl groups is 1. The van der Waals surface area contributed by atoms with Crippen LogP contribution in [0.25, 0.3) is 0 Å². The largest absolute Gasteiger partial charge is 0.497 e. The van der Waals surface area contributed by atoms with Crippen molar-refractivity contribution in [1.29, 1.82) is 0 Å². The molecule has 1 heterocycles. The standard InChI is InChI=1S/C14H16N2O4S/c1-9(17)13-8-12(16(18)19)14(21-13)15(2)10-4-6-11(20-3)7-5-10/h4-9,17H,1-3H3/t9-/m0/s1. The maximum Gasteiger partial charge on any atom is 0.304 e. The van der Waals surface area contributed by atoms with Crippen LogP contribution in [-0.4, -0.2) is 24.2 Å². The summed E-state index contributed by atoms with van der Waals surface area (Å²) < 4.78 is 5.09. The zero-order valence-electron chi connectivity index (χ0n) is 11.9. The molecule has 1 aromatic carbocycles. The number of ether oxygens (including phenoxy) is 1. The van der Waals surface area contributed by atoms with Gasteiger partial charge in [-0.15, -0.1) is 11.3 Å². The molecular weight excluding hydrogens is 292 g/mol. The van der Waals surface area contributed by atoms with Crippen molar-refractivity contribution in [3.05, 3.63) is 45.3 Å². The van der Waals surface area contributed by atoms with E-state index in [0.717, 1.165) is 11.4 Å². The molecule has 1 N–H and O–H groups in total. The Morgan fingerprint density at radius 2 is 2.00 bits per heavy atom. The van der Waals surface area contributed by atoms with Gasteiger partial charge in [0.2, 0.25) is 0 Å². The van der Waals surface area contributed by atoms with Gasteiger partial charge in [0.25, 0.3) is 0 Å². The molecule has 2 aromatic rings. The van der Waals surface area contributed by atoms with Gasteiger partial charge in [-0.05, 0) is 31.2 Å². The van der Waals surface area contributed by atoms with Crippen LogP contribution in [0.3, 0.4) is 0 Å². The Balaban J connectivity index is 2.41. The lowest BCUT2D eigenvalue weighted by atomic mass is 10.2. The van der Waals surface area contributed by atoms with E-state index in [-0.39, 0.29) is 5.69 Å². The fourth-order valence-corrected chi connectivity index (χ4v) is 2.93.